The van der Waals surface area contributed by atoms with Gasteiger partial charge in [-0.3, -0.25) is 0 Å². The first-order valence-corrected chi connectivity index (χ1v) is 10.5. The van der Waals surface area contributed by atoms with Crippen LogP contribution in [0.1, 0.15) is 11.1 Å². The third-order valence-corrected chi connectivity index (χ3v) is 6.02. The maximum absolute atomic E-state index is 11.4. The second-order valence-corrected chi connectivity index (χ2v) is 8.14. The summed E-state index contributed by atoms with van der Waals surface area (Å²) >= 11 is -0.986. The zero-order valence-corrected chi connectivity index (χ0v) is 15.7. The Hall–Kier alpha value is -2.41. The number of nitrogens with zero attached hydrogens (tertiary/aromatic N) is 2. The Bertz CT molecular complexity index is 815. The Morgan fingerprint density at radius 1 is 1.08 bits per heavy atom. The average molecular weight is 424 g/mol. The molecular formula is C18H15N3O2Sn. The standard InChI is InChI=1S/C18H15N3O2.Sn/c1-14(16-10-6-3-7-11-16)19-13-20-21-17(18(22)23)12-15-8-4-2-5-9-15;/h1-11H,12H2,(H,19,20)(H,22,23);/b14-1?,21-17+;. The Kier molecular flexibility index (Phi) is 5.43. The Balaban J connectivity index is 1.68. The van der Waals surface area contributed by atoms with E-state index in [4.69, 9.17) is 0 Å². The summed E-state index contributed by atoms with van der Waals surface area (Å²) in [7, 11) is 0. The summed E-state index contributed by atoms with van der Waals surface area (Å²) in [6.07, 6.45) is 0.278. The molecule has 1 aliphatic heterocycles. The SMILES string of the molecule is O=C(O)/C(Cc1ccccc1)=N/N[C]1=NC(c2ccccc2)=[CH][Sn]1. The number of benzene rings is 2. The zero-order valence-electron chi connectivity index (χ0n) is 12.8. The molecule has 0 unspecified atom stereocenters. The molecule has 1 heterocycles. The van der Waals surface area contributed by atoms with Crippen molar-refractivity contribution in [2.24, 2.45) is 10.1 Å². The first kappa shape index (κ1) is 16.4. The molecule has 6 heteroatoms. The molecule has 0 aromatic heterocycles. The van der Waals surface area contributed by atoms with Crippen molar-refractivity contribution in [3.05, 3.63) is 75.9 Å². The summed E-state index contributed by atoms with van der Waals surface area (Å²) in [6.45, 7) is 0. The normalized spacial score (nSPS) is 14.1. The molecule has 2 aromatic carbocycles. The van der Waals surface area contributed by atoms with Gasteiger partial charge in [-0.1, -0.05) is 0 Å². The van der Waals surface area contributed by atoms with Gasteiger partial charge in [0, 0.05) is 0 Å². The topological polar surface area (TPSA) is 74.0 Å². The van der Waals surface area contributed by atoms with E-state index in [0.29, 0.717) is 0 Å². The molecule has 2 aromatic rings. The van der Waals surface area contributed by atoms with E-state index in [1.165, 1.54) is 0 Å². The van der Waals surface area contributed by atoms with E-state index in [1.807, 2.05) is 60.7 Å². The van der Waals surface area contributed by atoms with Gasteiger partial charge in [0.25, 0.3) is 0 Å². The van der Waals surface area contributed by atoms with Gasteiger partial charge in [0.15, 0.2) is 0 Å². The van der Waals surface area contributed by atoms with Crippen LogP contribution < -0.4 is 5.43 Å². The van der Waals surface area contributed by atoms with E-state index >= 15 is 0 Å². The van der Waals surface area contributed by atoms with E-state index in [1.54, 1.807) is 0 Å². The van der Waals surface area contributed by atoms with Crippen molar-refractivity contribution in [2.45, 2.75) is 6.42 Å². The quantitative estimate of drug-likeness (QED) is 0.440. The maximum atomic E-state index is 11.4. The van der Waals surface area contributed by atoms with E-state index in [-0.39, 0.29) is 12.1 Å². The predicted octanol–water partition coefficient (Wildman–Crippen LogP) is 2.33. The van der Waals surface area contributed by atoms with Crippen LogP contribution in [-0.2, 0) is 11.2 Å². The molecule has 0 atom stereocenters. The molecule has 118 valence electrons. The molecule has 0 saturated heterocycles. The third-order valence-electron chi connectivity index (χ3n) is 3.41. The molecule has 0 saturated carbocycles. The number of aliphatic imine (C=N–C) groups is 1. The fourth-order valence-corrected chi connectivity index (χ4v) is 4.52. The van der Waals surface area contributed by atoms with Crippen LogP contribution in [0.25, 0.3) is 5.70 Å². The summed E-state index contributed by atoms with van der Waals surface area (Å²) in [5.74, 6) is -1.02. The first-order chi connectivity index (χ1) is 11.7. The van der Waals surface area contributed by atoms with E-state index < -0.39 is 27.1 Å². The van der Waals surface area contributed by atoms with Gasteiger partial charge in [-0.25, -0.2) is 0 Å². The molecule has 0 amide bonds. The predicted molar refractivity (Wildman–Crippen MR) is 96.0 cm³/mol. The number of nitrogens with one attached hydrogen (secondary N) is 1. The molecule has 1 aliphatic rings. The fourth-order valence-electron chi connectivity index (χ4n) is 2.21. The molecule has 0 fully saturated rings. The first-order valence-electron chi connectivity index (χ1n) is 7.43. The molecule has 0 spiro atoms. The van der Waals surface area contributed by atoms with Crippen LogP contribution in [0.4, 0.5) is 0 Å². The molecule has 2 radical (unpaired) electrons. The number of aliphatic carboxylic acids is 1. The van der Waals surface area contributed by atoms with E-state index in [2.05, 4.69) is 19.6 Å². The van der Waals surface area contributed by atoms with Gasteiger partial charge < -0.3 is 0 Å². The van der Waals surface area contributed by atoms with Crippen molar-refractivity contribution < 1.29 is 9.90 Å². The van der Waals surface area contributed by atoms with Crippen LogP contribution >= 0.6 is 0 Å². The molecular weight excluding hydrogens is 409 g/mol. The van der Waals surface area contributed by atoms with Crippen molar-refractivity contribution in [2.75, 3.05) is 0 Å². The van der Waals surface area contributed by atoms with Crippen molar-refractivity contribution in [1.82, 2.24) is 5.43 Å². The van der Waals surface area contributed by atoms with Gasteiger partial charge in [-0.2, -0.15) is 0 Å². The van der Waals surface area contributed by atoms with Crippen LogP contribution in [0, 0.1) is 0 Å². The number of amidine groups is 1. The molecule has 5 nitrogen and oxygen atoms in total. The second-order valence-electron chi connectivity index (χ2n) is 5.14. The van der Waals surface area contributed by atoms with Crippen molar-refractivity contribution >= 4 is 42.4 Å². The molecule has 0 bridgehead atoms. The van der Waals surface area contributed by atoms with Crippen molar-refractivity contribution in [3.63, 3.8) is 0 Å². The number of rotatable bonds is 5. The summed E-state index contributed by atoms with van der Waals surface area (Å²) in [4.78, 5) is 15.9. The average Bonchev–Trinajstić information content (AvgIpc) is 3.09. The third kappa shape index (κ3) is 4.32. The van der Waals surface area contributed by atoms with Gasteiger partial charge in [-0.15, -0.1) is 0 Å². The molecule has 24 heavy (non-hydrogen) atoms. The molecule has 2 N–H and O–H groups in total. The summed E-state index contributed by atoms with van der Waals surface area (Å²) in [5, 5.41) is 13.4. The van der Waals surface area contributed by atoms with E-state index in [9.17, 15) is 9.90 Å². The van der Waals surface area contributed by atoms with Gasteiger partial charge >= 0.3 is 150 Å². The number of hydrazone groups is 1. The summed E-state index contributed by atoms with van der Waals surface area (Å²) < 4.78 is 2.97. The minimum absolute atomic E-state index is 0.0800. The summed E-state index contributed by atoms with van der Waals surface area (Å²) in [6, 6.07) is 19.4. The Labute approximate surface area is 150 Å². The number of hydrogen-bond donors (Lipinski definition) is 2. The monoisotopic (exact) mass is 425 g/mol. The molecule has 3 rings (SSSR count). The molecule has 0 aliphatic carbocycles. The van der Waals surface area contributed by atoms with Crippen LogP contribution in [0.3, 0.4) is 0 Å². The zero-order chi connectivity index (χ0) is 16.8. The number of carbonyl (C=O) groups is 1. The Morgan fingerprint density at radius 3 is 2.42 bits per heavy atom. The van der Waals surface area contributed by atoms with Crippen molar-refractivity contribution in [1.29, 1.82) is 0 Å². The van der Waals surface area contributed by atoms with Gasteiger partial charge in [0.05, 0.1) is 0 Å². The number of carboxylic acids is 1. The number of carboxylic acid groups (broad SMARTS) is 1. The van der Waals surface area contributed by atoms with Crippen LogP contribution in [0.5, 0.6) is 0 Å². The van der Waals surface area contributed by atoms with Gasteiger partial charge in [0.2, 0.25) is 0 Å². The number of hydrogen-bond acceptors (Lipinski definition) is 4. The van der Waals surface area contributed by atoms with Crippen LogP contribution in [-0.4, -0.2) is 41.8 Å². The fraction of sp³-hybridized carbons (Fsp3) is 0.0556. The minimum atomic E-state index is -1.02. The van der Waals surface area contributed by atoms with Crippen LogP contribution in [0.2, 0.25) is 0 Å². The van der Waals surface area contributed by atoms with Gasteiger partial charge in [0.1, 0.15) is 0 Å². The van der Waals surface area contributed by atoms with Crippen molar-refractivity contribution in [3.8, 4) is 0 Å². The van der Waals surface area contributed by atoms with E-state index in [0.717, 1.165) is 20.7 Å². The van der Waals surface area contributed by atoms with Gasteiger partial charge in [-0.05, 0) is 0 Å². The second kappa shape index (κ2) is 7.92. The van der Waals surface area contributed by atoms with Crippen LogP contribution in [0.15, 0.2) is 74.8 Å². The Morgan fingerprint density at radius 2 is 1.75 bits per heavy atom. The summed E-state index contributed by atoms with van der Waals surface area (Å²) in [5.41, 5.74) is 5.87.